The van der Waals surface area contributed by atoms with Gasteiger partial charge in [0.15, 0.2) is 19.0 Å². The first-order valence-corrected chi connectivity index (χ1v) is 8.36. The highest BCUT2D eigenvalue weighted by atomic mass is 19.1. The van der Waals surface area contributed by atoms with Crippen molar-refractivity contribution in [2.24, 2.45) is 0 Å². The lowest BCUT2D eigenvalue weighted by Gasteiger charge is -2.09. The first-order valence-electron chi connectivity index (χ1n) is 8.36. The molecule has 27 heavy (non-hydrogen) atoms. The monoisotopic (exact) mass is 373 g/mol. The molecular formula is C20H20FNO5. The molecule has 0 radical (unpaired) electrons. The van der Waals surface area contributed by atoms with Gasteiger partial charge in [-0.2, -0.15) is 0 Å². The van der Waals surface area contributed by atoms with E-state index in [0.29, 0.717) is 17.7 Å². The van der Waals surface area contributed by atoms with Crippen LogP contribution in [-0.2, 0) is 14.3 Å². The maximum Gasteiger partial charge on any atom is 0.344 e. The summed E-state index contributed by atoms with van der Waals surface area (Å²) in [5, 5.41) is 2.32. The number of carbonyl (C=O) groups excluding carboxylic acids is 3. The molecule has 2 aromatic rings. The molecule has 0 atom stereocenters. The molecule has 6 nitrogen and oxygen atoms in total. The van der Waals surface area contributed by atoms with Crippen molar-refractivity contribution in [3.63, 3.8) is 0 Å². The number of halogens is 1. The van der Waals surface area contributed by atoms with Gasteiger partial charge >= 0.3 is 5.97 Å². The number of ketones is 1. The maximum atomic E-state index is 13.7. The molecule has 0 bridgehead atoms. The Balaban J connectivity index is 1.75. The second-order valence-corrected chi connectivity index (χ2v) is 5.78. The van der Waals surface area contributed by atoms with E-state index in [1.807, 2.05) is 0 Å². The van der Waals surface area contributed by atoms with Crippen LogP contribution in [0.2, 0.25) is 0 Å². The number of aryl methyl sites for hydroxylation is 1. The van der Waals surface area contributed by atoms with Gasteiger partial charge < -0.3 is 14.8 Å². The van der Waals surface area contributed by atoms with Gasteiger partial charge in [0.2, 0.25) is 0 Å². The minimum Gasteiger partial charge on any atom is -0.482 e. The van der Waals surface area contributed by atoms with Gasteiger partial charge in [-0.1, -0.05) is 13.0 Å². The summed E-state index contributed by atoms with van der Waals surface area (Å²) in [6.07, 6.45) is 0.404. The van der Waals surface area contributed by atoms with Crippen LogP contribution in [0, 0.1) is 12.7 Å². The number of ether oxygens (including phenoxy) is 2. The molecule has 0 saturated heterocycles. The van der Waals surface area contributed by atoms with Gasteiger partial charge in [0.05, 0.1) is 5.69 Å². The average molecular weight is 373 g/mol. The minimum atomic E-state index is -0.747. The lowest BCUT2D eigenvalue weighted by atomic mass is 10.1. The number of amides is 1. The third kappa shape index (κ3) is 6.22. The summed E-state index contributed by atoms with van der Waals surface area (Å²) in [5.41, 5.74) is 1.30. The molecule has 1 amide bonds. The number of esters is 1. The van der Waals surface area contributed by atoms with E-state index in [1.165, 1.54) is 12.1 Å². The van der Waals surface area contributed by atoms with Crippen molar-refractivity contribution >= 4 is 23.3 Å². The topological polar surface area (TPSA) is 81.7 Å². The van der Waals surface area contributed by atoms with E-state index in [0.717, 1.165) is 5.56 Å². The van der Waals surface area contributed by atoms with E-state index >= 15 is 0 Å². The van der Waals surface area contributed by atoms with Crippen LogP contribution in [0.15, 0.2) is 42.5 Å². The molecule has 142 valence electrons. The molecule has 0 fully saturated rings. The maximum absolute atomic E-state index is 13.7. The molecule has 0 aliphatic rings. The van der Waals surface area contributed by atoms with E-state index in [-0.39, 0.29) is 11.5 Å². The Morgan fingerprint density at radius 2 is 1.74 bits per heavy atom. The van der Waals surface area contributed by atoms with Gasteiger partial charge in [-0.3, -0.25) is 9.59 Å². The number of benzene rings is 2. The first kappa shape index (κ1) is 20.1. The number of anilines is 1. The fourth-order valence-corrected chi connectivity index (χ4v) is 2.18. The molecule has 0 spiro atoms. The Labute approximate surface area is 156 Å². The van der Waals surface area contributed by atoms with Crippen LogP contribution in [0.5, 0.6) is 5.75 Å². The van der Waals surface area contributed by atoms with Crippen molar-refractivity contribution in [3.8, 4) is 5.75 Å². The van der Waals surface area contributed by atoms with Gasteiger partial charge in [-0.25, -0.2) is 9.18 Å². The summed E-state index contributed by atoms with van der Waals surface area (Å²) in [6.45, 7) is 2.55. The molecule has 7 heteroatoms. The standard InChI is InChI=1S/C20H20FNO5/c1-3-18(23)14-5-7-15(8-6-14)26-12-20(25)27-11-19(24)22-17-9-4-13(2)10-16(17)21/h4-10H,3,11-12H2,1-2H3,(H,22,24). The quantitative estimate of drug-likeness (QED) is 0.567. The third-order valence-electron chi connectivity index (χ3n) is 3.62. The van der Waals surface area contributed by atoms with Crippen molar-refractivity contribution in [2.75, 3.05) is 18.5 Å². The molecule has 0 aliphatic carbocycles. The number of hydrogen-bond donors (Lipinski definition) is 1. The number of hydrogen-bond acceptors (Lipinski definition) is 5. The van der Waals surface area contributed by atoms with Gasteiger partial charge in [-0.05, 0) is 48.9 Å². The van der Waals surface area contributed by atoms with E-state index < -0.39 is 30.9 Å². The van der Waals surface area contributed by atoms with Gasteiger partial charge in [0.25, 0.3) is 5.91 Å². The van der Waals surface area contributed by atoms with Gasteiger partial charge in [0.1, 0.15) is 11.6 Å². The fraction of sp³-hybridized carbons (Fsp3) is 0.250. The summed E-state index contributed by atoms with van der Waals surface area (Å²) in [5.74, 6) is -1.57. The molecule has 2 aromatic carbocycles. The van der Waals surface area contributed by atoms with E-state index in [2.05, 4.69) is 5.32 Å². The third-order valence-corrected chi connectivity index (χ3v) is 3.62. The molecule has 0 aliphatic heterocycles. The van der Waals surface area contributed by atoms with Crippen molar-refractivity contribution in [1.29, 1.82) is 0 Å². The molecule has 0 saturated carbocycles. The molecular weight excluding hydrogens is 353 g/mol. The molecule has 2 rings (SSSR count). The Hall–Kier alpha value is -3.22. The Morgan fingerprint density at radius 3 is 2.37 bits per heavy atom. The number of rotatable bonds is 8. The molecule has 0 aromatic heterocycles. The molecule has 0 unspecified atom stereocenters. The van der Waals surface area contributed by atoms with E-state index in [9.17, 15) is 18.8 Å². The summed E-state index contributed by atoms with van der Waals surface area (Å²) in [6, 6.07) is 10.7. The molecule has 1 N–H and O–H groups in total. The Morgan fingerprint density at radius 1 is 1.04 bits per heavy atom. The van der Waals surface area contributed by atoms with Crippen LogP contribution >= 0.6 is 0 Å². The smallest absolute Gasteiger partial charge is 0.344 e. The summed E-state index contributed by atoms with van der Waals surface area (Å²) >= 11 is 0. The summed E-state index contributed by atoms with van der Waals surface area (Å²) in [4.78, 5) is 34.9. The lowest BCUT2D eigenvalue weighted by molar-refractivity contribution is -0.149. The second kappa shape index (κ2) is 9.47. The average Bonchev–Trinajstić information content (AvgIpc) is 2.66. The molecule has 0 heterocycles. The zero-order valence-corrected chi connectivity index (χ0v) is 15.1. The zero-order chi connectivity index (χ0) is 19.8. The highest BCUT2D eigenvalue weighted by Gasteiger charge is 2.11. The summed E-state index contributed by atoms with van der Waals surface area (Å²) < 4.78 is 23.7. The normalized spacial score (nSPS) is 10.2. The van der Waals surface area contributed by atoms with Gasteiger partial charge in [0, 0.05) is 12.0 Å². The first-order chi connectivity index (χ1) is 12.9. The highest BCUT2D eigenvalue weighted by molar-refractivity contribution is 5.96. The van der Waals surface area contributed by atoms with Crippen molar-refractivity contribution in [2.45, 2.75) is 20.3 Å². The van der Waals surface area contributed by atoms with E-state index in [4.69, 9.17) is 9.47 Å². The highest BCUT2D eigenvalue weighted by Crippen LogP contribution is 2.15. The lowest BCUT2D eigenvalue weighted by Crippen LogP contribution is -2.24. The predicted molar refractivity (Wildman–Crippen MR) is 97.3 cm³/mol. The number of Topliss-reactive ketones (excluding diaryl/α,β-unsaturated/α-hetero) is 1. The largest absolute Gasteiger partial charge is 0.482 e. The fourth-order valence-electron chi connectivity index (χ4n) is 2.18. The van der Waals surface area contributed by atoms with Crippen LogP contribution in [-0.4, -0.2) is 30.9 Å². The SMILES string of the molecule is CCC(=O)c1ccc(OCC(=O)OCC(=O)Nc2ccc(C)cc2F)cc1. The predicted octanol–water partition coefficient (Wildman–Crippen LogP) is 3.29. The van der Waals surface area contributed by atoms with Crippen molar-refractivity contribution in [3.05, 3.63) is 59.4 Å². The second-order valence-electron chi connectivity index (χ2n) is 5.78. The van der Waals surface area contributed by atoms with Crippen LogP contribution in [0.4, 0.5) is 10.1 Å². The van der Waals surface area contributed by atoms with Crippen molar-refractivity contribution in [1.82, 2.24) is 0 Å². The van der Waals surface area contributed by atoms with Crippen LogP contribution in [0.3, 0.4) is 0 Å². The minimum absolute atomic E-state index is 0.0111. The van der Waals surface area contributed by atoms with Gasteiger partial charge in [-0.15, -0.1) is 0 Å². The Kier molecular flexibility index (Phi) is 7.05. The van der Waals surface area contributed by atoms with E-state index in [1.54, 1.807) is 44.2 Å². The van der Waals surface area contributed by atoms with Crippen LogP contribution in [0.1, 0.15) is 29.3 Å². The number of carbonyl (C=O) groups is 3. The summed E-state index contributed by atoms with van der Waals surface area (Å²) in [7, 11) is 0. The van der Waals surface area contributed by atoms with Crippen LogP contribution < -0.4 is 10.1 Å². The van der Waals surface area contributed by atoms with Crippen LogP contribution in [0.25, 0.3) is 0 Å². The zero-order valence-electron chi connectivity index (χ0n) is 15.1. The Bertz CT molecular complexity index is 833. The number of nitrogens with one attached hydrogen (secondary N) is 1. The van der Waals surface area contributed by atoms with Crippen molar-refractivity contribution < 1.29 is 28.2 Å².